The van der Waals surface area contributed by atoms with Gasteiger partial charge in [-0.2, -0.15) is 11.8 Å². The van der Waals surface area contributed by atoms with Gasteiger partial charge in [-0.3, -0.25) is 4.79 Å². The number of hydrogen-bond acceptors (Lipinski definition) is 4. The molecule has 1 atom stereocenters. The van der Waals surface area contributed by atoms with Crippen LogP contribution in [0, 0.1) is 0 Å². The van der Waals surface area contributed by atoms with E-state index in [0.29, 0.717) is 6.42 Å². The Balaban J connectivity index is 3.13. The third-order valence-electron chi connectivity index (χ3n) is 3.50. The van der Waals surface area contributed by atoms with E-state index in [2.05, 4.69) is 16.9 Å². The van der Waals surface area contributed by atoms with E-state index in [1.54, 1.807) is 0 Å². The SMILES string of the molecule is COC(=O)CCSCCCC/C=C\CCCCCCC(C)O. The Morgan fingerprint density at radius 3 is 2.32 bits per heavy atom. The first-order chi connectivity index (χ1) is 10.7. The fourth-order valence-corrected chi connectivity index (χ4v) is 3.04. The molecule has 0 fully saturated rings. The zero-order valence-corrected chi connectivity index (χ0v) is 15.2. The first-order valence-electron chi connectivity index (χ1n) is 8.64. The molecule has 0 amide bonds. The average Bonchev–Trinajstić information content (AvgIpc) is 2.50. The highest BCUT2D eigenvalue weighted by Gasteiger charge is 1.98. The zero-order valence-electron chi connectivity index (χ0n) is 14.4. The number of aliphatic hydroxyl groups is 1. The molecule has 0 saturated heterocycles. The number of allylic oxidation sites excluding steroid dienone is 2. The van der Waals surface area contributed by atoms with Crippen LogP contribution in [-0.2, 0) is 9.53 Å². The minimum Gasteiger partial charge on any atom is -0.469 e. The standard InChI is InChI=1S/C18H34O3S/c1-17(19)13-11-9-7-5-3-4-6-8-10-12-15-22-16-14-18(20)21-2/h4,6,17,19H,3,5,7-16H2,1-2H3/b6-4-. The number of methoxy groups -OCH3 is 1. The molecule has 0 aliphatic rings. The zero-order chi connectivity index (χ0) is 16.5. The molecule has 0 aliphatic carbocycles. The maximum absolute atomic E-state index is 10.9. The van der Waals surface area contributed by atoms with Crippen molar-refractivity contribution in [3.8, 4) is 0 Å². The fourth-order valence-electron chi connectivity index (χ4n) is 2.12. The topological polar surface area (TPSA) is 46.5 Å². The van der Waals surface area contributed by atoms with E-state index < -0.39 is 0 Å². The molecule has 0 bridgehead atoms. The Morgan fingerprint density at radius 1 is 1.05 bits per heavy atom. The summed E-state index contributed by atoms with van der Waals surface area (Å²) in [5.41, 5.74) is 0. The second-order valence-electron chi connectivity index (χ2n) is 5.75. The summed E-state index contributed by atoms with van der Waals surface area (Å²) in [6.45, 7) is 1.86. The van der Waals surface area contributed by atoms with E-state index in [1.165, 1.54) is 52.1 Å². The predicted octanol–water partition coefficient (Wildman–Crippen LogP) is 4.73. The molecule has 1 unspecified atom stereocenters. The molecule has 3 nitrogen and oxygen atoms in total. The van der Waals surface area contributed by atoms with Crippen molar-refractivity contribution in [3.63, 3.8) is 0 Å². The van der Waals surface area contributed by atoms with Crippen LogP contribution >= 0.6 is 11.8 Å². The van der Waals surface area contributed by atoms with Gasteiger partial charge in [-0.1, -0.05) is 31.4 Å². The maximum Gasteiger partial charge on any atom is 0.306 e. The number of thioether (sulfide) groups is 1. The van der Waals surface area contributed by atoms with Gasteiger partial charge in [0, 0.05) is 5.75 Å². The molecule has 130 valence electrons. The molecule has 1 N–H and O–H groups in total. The molecule has 0 spiro atoms. The van der Waals surface area contributed by atoms with E-state index in [1.807, 2.05) is 18.7 Å². The summed E-state index contributed by atoms with van der Waals surface area (Å²) < 4.78 is 4.60. The molecule has 0 aromatic rings. The van der Waals surface area contributed by atoms with Crippen LogP contribution in [0.4, 0.5) is 0 Å². The molecule has 4 heteroatoms. The van der Waals surface area contributed by atoms with Gasteiger partial charge in [-0.15, -0.1) is 0 Å². The minimum atomic E-state index is -0.140. The molecule has 0 rings (SSSR count). The van der Waals surface area contributed by atoms with Crippen molar-refractivity contribution in [2.75, 3.05) is 18.6 Å². The number of unbranched alkanes of at least 4 members (excludes halogenated alkanes) is 6. The number of aliphatic hydroxyl groups excluding tert-OH is 1. The number of ether oxygens (including phenoxy) is 1. The number of esters is 1. The average molecular weight is 331 g/mol. The van der Waals surface area contributed by atoms with Crippen LogP contribution in [0.2, 0.25) is 0 Å². The summed E-state index contributed by atoms with van der Waals surface area (Å²) in [6, 6.07) is 0. The van der Waals surface area contributed by atoms with Crippen LogP contribution < -0.4 is 0 Å². The van der Waals surface area contributed by atoms with Crippen molar-refractivity contribution in [3.05, 3.63) is 12.2 Å². The van der Waals surface area contributed by atoms with Gasteiger partial charge < -0.3 is 9.84 Å². The van der Waals surface area contributed by atoms with E-state index in [4.69, 9.17) is 5.11 Å². The lowest BCUT2D eigenvalue weighted by molar-refractivity contribution is -0.140. The molecule has 0 saturated carbocycles. The normalized spacial score (nSPS) is 12.7. The van der Waals surface area contributed by atoms with Gasteiger partial charge in [-0.25, -0.2) is 0 Å². The summed E-state index contributed by atoms with van der Waals surface area (Å²) in [7, 11) is 1.44. The Kier molecular flexibility index (Phi) is 16.5. The van der Waals surface area contributed by atoms with E-state index in [-0.39, 0.29) is 12.1 Å². The summed E-state index contributed by atoms with van der Waals surface area (Å²) in [4.78, 5) is 10.9. The maximum atomic E-state index is 10.9. The van der Waals surface area contributed by atoms with Crippen molar-refractivity contribution in [2.24, 2.45) is 0 Å². The molecule has 0 aliphatic heterocycles. The lowest BCUT2D eigenvalue weighted by Crippen LogP contribution is -2.01. The molecule has 0 aromatic carbocycles. The van der Waals surface area contributed by atoms with Crippen molar-refractivity contribution >= 4 is 17.7 Å². The monoisotopic (exact) mass is 330 g/mol. The smallest absolute Gasteiger partial charge is 0.306 e. The predicted molar refractivity (Wildman–Crippen MR) is 96.3 cm³/mol. The van der Waals surface area contributed by atoms with Gasteiger partial charge in [0.05, 0.1) is 19.6 Å². The van der Waals surface area contributed by atoms with Gasteiger partial charge in [-0.05, 0) is 51.2 Å². The number of carbonyl (C=O) groups is 1. The van der Waals surface area contributed by atoms with Crippen molar-refractivity contribution < 1.29 is 14.6 Å². The highest BCUT2D eigenvalue weighted by Crippen LogP contribution is 2.10. The van der Waals surface area contributed by atoms with E-state index in [9.17, 15) is 4.79 Å². The highest BCUT2D eigenvalue weighted by molar-refractivity contribution is 7.99. The Morgan fingerprint density at radius 2 is 1.68 bits per heavy atom. The highest BCUT2D eigenvalue weighted by atomic mass is 32.2. The van der Waals surface area contributed by atoms with Crippen molar-refractivity contribution in [1.82, 2.24) is 0 Å². The molecular formula is C18H34O3S. The van der Waals surface area contributed by atoms with Crippen LogP contribution in [0.15, 0.2) is 12.2 Å². The Labute approximate surface area is 140 Å². The van der Waals surface area contributed by atoms with E-state index in [0.717, 1.165) is 24.3 Å². The van der Waals surface area contributed by atoms with Gasteiger partial charge >= 0.3 is 5.97 Å². The molecule has 0 radical (unpaired) electrons. The number of hydrogen-bond donors (Lipinski definition) is 1. The minimum absolute atomic E-state index is 0.110. The van der Waals surface area contributed by atoms with Gasteiger partial charge in [0.2, 0.25) is 0 Å². The third-order valence-corrected chi connectivity index (χ3v) is 4.57. The summed E-state index contributed by atoms with van der Waals surface area (Å²) in [6.07, 6.45) is 15.6. The first kappa shape index (κ1) is 21.5. The van der Waals surface area contributed by atoms with Crippen LogP contribution in [0.1, 0.15) is 71.1 Å². The van der Waals surface area contributed by atoms with Gasteiger partial charge in [0.15, 0.2) is 0 Å². The Hall–Kier alpha value is -0.480. The third kappa shape index (κ3) is 17.6. The largest absolute Gasteiger partial charge is 0.469 e. The summed E-state index contributed by atoms with van der Waals surface area (Å²) in [5.74, 6) is 1.90. The van der Waals surface area contributed by atoms with Crippen LogP contribution in [-0.4, -0.2) is 35.8 Å². The van der Waals surface area contributed by atoms with Crippen LogP contribution in [0.25, 0.3) is 0 Å². The lowest BCUT2D eigenvalue weighted by atomic mass is 10.1. The Bertz CT molecular complexity index is 278. The van der Waals surface area contributed by atoms with Crippen molar-refractivity contribution in [1.29, 1.82) is 0 Å². The second-order valence-corrected chi connectivity index (χ2v) is 6.97. The summed E-state index contributed by atoms with van der Waals surface area (Å²) in [5, 5.41) is 9.15. The molecule has 0 heterocycles. The second kappa shape index (κ2) is 16.9. The molecular weight excluding hydrogens is 296 g/mol. The molecule has 0 aromatic heterocycles. The number of rotatable bonds is 15. The molecule has 22 heavy (non-hydrogen) atoms. The van der Waals surface area contributed by atoms with Crippen molar-refractivity contribution in [2.45, 2.75) is 77.2 Å². The number of carbonyl (C=O) groups excluding carboxylic acids is 1. The fraction of sp³-hybridized carbons (Fsp3) is 0.833. The summed E-state index contributed by atoms with van der Waals surface area (Å²) >= 11 is 1.84. The quantitative estimate of drug-likeness (QED) is 0.268. The van der Waals surface area contributed by atoms with Gasteiger partial charge in [0.25, 0.3) is 0 Å². The van der Waals surface area contributed by atoms with Crippen LogP contribution in [0.5, 0.6) is 0 Å². The lowest BCUT2D eigenvalue weighted by Gasteiger charge is -2.02. The van der Waals surface area contributed by atoms with Gasteiger partial charge in [0.1, 0.15) is 0 Å². The van der Waals surface area contributed by atoms with E-state index >= 15 is 0 Å². The first-order valence-corrected chi connectivity index (χ1v) is 9.80. The van der Waals surface area contributed by atoms with Crippen LogP contribution in [0.3, 0.4) is 0 Å².